The fourth-order valence-corrected chi connectivity index (χ4v) is 3.76. The Morgan fingerprint density at radius 1 is 1.04 bits per heavy atom. The van der Waals surface area contributed by atoms with Gasteiger partial charge in [-0.2, -0.15) is 0 Å². The van der Waals surface area contributed by atoms with Gasteiger partial charge in [-0.3, -0.25) is 9.69 Å². The number of aliphatic hydroxyl groups is 1. The van der Waals surface area contributed by atoms with Crippen LogP contribution in [0, 0.1) is 0 Å². The van der Waals surface area contributed by atoms with Gasteiger partial charge < -0.3 is 14.6 Å². The highest BCUT2D eigenvalue weighted by Gasteiger charge is 2.36. The molecule has 0 saturated carbocycles. The molecule has 3 aromatic rings. The van der Waals surface area contributed by atoms with E-state index in [1.54, 1.807) is 54.6 Å². The van der Waals surface area contributed by atoms with Gasteiger partial charge >= 0.3 is 5.97 Å². The van der Waals surface area contributed by atoms with Crippen molar-refractivity contribution in [2.24, 2.45) is 0 Å². The maximum Gasteiger partial charge on any atom is 0.335 e. The molecule has 7 heteroatoms. The summed E-state index contributed by atoms with van der Waals surface area (Å²) in [6.45, 7) is 0. The first-order chi connectivity index (χ1) is 13.5. The zero-order valence-corrected chi connectivity index (χ0v) is 15.3. The number of amides is 1. The minimum Gasteiger partial charge on any atom is -0.478 e. The molecule has 140 valence electrons. The smallest absolute Gasteiger partial charge is 0.335 e. The molecule has 1 unspecified atom stereocenters. The molecule has 1 aromatic heterocycles. The van der Waals surface area contributed by atoms with Gasteiger partial charge in [0.05, 0.1) is 5.56 Å². The molecular weight excluding hydrogens is 378 g/mol. The molecule has 1 atom stereocenters. The van der Waals surface area contributed by atoms with E-state index in [1.807, 2.05) is 6.07 Å². The fourth-order valence-electron chi connectivity index (χ4n) is 2.87. The first kappa shape index (κ1) is 18.1. The number of carboxylic acids is 1. The van der Waals surface area contributed by atoms with Crippen molar-refractivity contribution >= 4 is 34.7 Å². The summed E-state index contributed by atoms with van der Waals surface area (Å²) in [5, 5.41) is 19.3. The molecule has 1 aliphatic heterocycles. The van der Waals surface area contributed by atoms with Gasteiger partial charge in [-0.15, -0.1) is 0 Å². The van der Waals surface area contributed by atoms with Crippen molar-refractivity contribution in [3.63, 3.8) is 0 Å². The molecule has 2 N–H and O–H groups in total. The van der Waals surface area contributed by atoms with Gasteiger partial charge in [0, 0.05) is 16.2 Å². The topological polar surface area (TPSA) is 91.0 Å². The van der Waals surface area contributed by atoms with Crippen LogP contribution in [0.2, 0.25) is 0 Å². The molecule has 0 spiro atoms. The number of benzene rings is 2. The van der Waals surface area contributed by atoms with Crippen LogP contribution in [0.4, 0.5) is 10.5 Å². The van der Waals surface area contributed by atoms with Crippen LogP contribution in [0.1, 0.15) is 16.1 Å². The van der Waals surface area contributed by atoms with E-state index < -0.39 is 12.2 Å². The van der Waals surface area contributed by atoms with E-state index >= 15 is 0 Å². The standard InChI is InChI=1S/C21H15NO5S/c23-19-18(28-21(26)22(19)15-4-2-1-3-5-15)12-16-10-11-17(27-16)13-6-8-14(9-7-13)20(24)25/h1-12,19,23H,(H,24,25)/b18-12-. The number of aromatic carboxylic acids is 1. The van der Waals surface area contributed by atoms with E-state index in [2.05, 4.69) is 0 Å². The van der Waals surface area contributed by atoms with E-state index in [1.165, 1.54) is 17.0 Å². The minimum absolute atomic E-state index is 0.197. The average Bonchev–Trinajstić information content (AvgIpc) is 3.27. The Bertz CT molecular complexity index is 1060. The van der Waals surface area contributed by atoms with Crippen LogP contribution in [0.25, 0.3) is 17.4 Å². The van der Waals surface area contributed by atoms with Gasteiger partial charge in [-0.05, 0) is 54.2 Å². The highest BCUT2D eigenvalue weighted by Crippen LogP contribution is 2.38. The largest absolute Gasteiger partial charge is 0.478 e. The SMILES string of the molecule is O=C(O)c1ccc(-c2ccc(/C=C3\SC(=O)N(c4ccccc4)C3O)o2)cc1. The van der Waals surface area contributed by atoms with E-state index in [4.69, 9.17) is 9.52 Å². The van der Waals surface area contributed by atoms with Crippen LogP contribution in [-0.2, 0) is 0 Å². The number of carbonyl (C=O) groups is 2. The molecule has 0 aliphatic carbocycles. The van der Waals surface area contributed by atoms with E-state index in [0.717, 1.165) is 17.3 Å². The van der Waals surface area contributed by atoms with Crippen LogP contribution in [-0.4, -0.2) is 27.6 Å². The highest BCUT2D eigenvalue weighted by atomic mass is 32.2. The number of hydrogen-bond acceptors (Lipinski definition) is 5. The van der Waals surface area contributed by atoms with Crippen molar-refractivity contribution in [1.29, 1.82) is 0 Å². The van der Waals surface area contributed by atoms with Crippen molar-refractivity contribution in [3.8, 4) is 11.3 Å². The third-order valence-electron chi connectivity index (χ3n) is 4.26. The third kappa shape index (κ3) is 3.45. The highest BCUT2D eigenvalue weighted by molar-refractivity contribution is 8.17. The first-order valence-electron chi connectivity index (χ1n) is 8.42. The van der Waals surface area contributed by atoms with Gasteiger partial charge in [0.15, 0.2) is 6.23 Å². The first-order valence-corrected chi connectivity index (χ1v) is 9.24. The van der Waals surface area contributed by atoms with Crippen molar-refractivity contribution in [1.82, 2.24) is 0 Å². The lowest BCUT2D eigenvalue weighted by Gasteiger charge is -2.19. The quantitative estimate of drug-likeness (QED) is 0.669. The van der Waals surface area contributed by atoms with Gasteiger partial charge in [0.2, 0.25) is 0 Å². The number of carboxylic acid groups (broad SMARTS) is 1. The molecule has 1 fully saturated rings. The van der Waals surface area contributed by atoms with E-state index in [9.17, 15) is 14.7 Å². The summed E-state index contributed by atoms with van der Waals surface area (Å²) < 4.78 is 5.78. The molecule has 28 heavy (non-hydrogen) atoms. The molecule has 4 rings (SSSR count). The lowest BCUT2D eigenvalue weighted by Crippen LogP contribution is -2.32. The van der Waals surface area contributed by atoms with Crippen LogP contribution in [0.15, 0.2) is 76.1 Å². The summed E-state index contributed by atoms with van der Waals surface area (Å²) >= 11 is 0.955. The fraction of sp³-hybridized carbons (Fsp3) is 0.0476. The summed E-state index contributed by atoms with van der Waals surface area (Å²) in [6.07, 6.45) is 0.550. The van der Waals surface area contributed by atoms with Gasteiger partial charge in [-0.1, -0.05) is 30.3 Å². The molecule has 0 bridgehead atoms. The Morgan fingerprint density at radius 2 is 1.75 bits per heavy atom. The summed E-state index contributed by atoms with van der Waals surface area (Å²) in [5.74, 6) is 0.0605. The third-order valence-corrected chi connectivity index (χ3v) is 5.20. The Morgan fingerprint density at radius 3 is 2.43 bits per heavy atom. The number of thioether (sulfide) groups is 1. The van der Waals surface area contributed by atoms with Crippen molar-refractivity contribution < 1.29 is 24.2 Å². The summed E-state index contributed by atoms with van der Waals surface area (Å²) in [6, 6.07) is 18.8. The monoisotopic (exact) mass is 393 g/mol. The van der Waals surface area contributed by atoms with Gasteiger partial charge in [0.25, 0.3) is 5.24 Å². The summed E-state index contributed by atoms with van der Waals surface area (Å²) in [7, 11) is 0. The number of anilines is 1. The second-order valence-electron chi connectivity index (χ2n) is 6.08. The maximum absolute atomic E-state index is 12.3. The van der Waals surface area contributed by atoms with Crippen molar-refractivity contribution in [2.75, 3.05) is 4.90 Å². The van der Waals surface area contributed by atoms with Crippen LogP contribution >= 0.6 is 11.8 Å². The predicted molar refractivity (Wildman–Crippen MR) is 107 cm³/mol. The second kappa shape index (κ2) is 7.38. The van der Waals surface area contributed by atoms with Crippen molar-refractivity contribution in [3.05, 3.63) is 83.0 Å². The number of nitrogens with zero attached hydrogens (tertiary/aromatic N) is 1. The van der Waals surface area contributed by atoms with Crippen molar-refractivity contribution in [2.45, 2.75) is 6.23 Å². The number of aliphatic hydroxyl groups excluding tert-OH is 1. The molecule has 2 aromatic carbocycles. The van der Waals surface area contributed by atoms with Gasteiger partial charge in [-0.25, -0.2) is 4.79 Å². The zero-order chi connectivity index (χ0) is 19.7. The molecule has 1 aliphatic rings. The Labute approximate surface area is 164 Å². The van der Waals surface area contributed by atoms with E-state index in [0.29, 0.717) is 22.1 Å². The zero-order valence-electron chi connectivity index (χ0n) is 14.5. The number of rotatable bonds is 4. The Hall–Kier alpha value is -3.29. The number of furan rings is 1. The molecule has 1 saturated heterocycles. The maximum atomic E-state index is 12.3. The second-order valence-corrected chi connectivity index (χ2v) is 7.10. The lowest BCUT2D eigenvalue weighted by molar-refractivity contribution is 0.0697. The molecule has 0 radical (unpaired) electrons. The summed E-state index contributed by atoms with van der Waals surface area (Å²) in [4.78, 5) is 25.0. The molecule has 2 heterocycles. The predicted octanol–water partition coefficient (Wildman–Crippen LogP) is 4.68. The average molecular weight is 393 g/mol. The molecule has 6 nitrogen and oxygen atoms in total. The van der Waals surface area contributed by atoms with Gasteiger partial charge in [0.1, 0.15) is 11.5 Å². The summed E-state index contributed by atoms with van der Waals surface area (Å²) in [5.41, 5.74) is 1.55. The van der Waals surface area contributed by atoms with Crippen LogP contribution in [0.5, 0.6) is 0 Å². The van der Waals surface area contributed by atoms with E-state index in [-0.39, 0.29) is 10.8 Å². The number of hydrogen-bond donors (Lipinski definition) is 2. The number of carbonyl (C=O) groups excluding carboxylic acids is 1. The minimum atomic E-state index is -1.08. The number of para-hydroxylation sites is 1. The Balaban J connectivity index is 1.57. The van der Waals surface area contributed by atoms with Crippen LogP contribution in [0.3, 0.4) is 0 Å². The normalized spacial score (nSPS) is 18.0. The molecule has 1 amide bonds. The lowest BCUT2D eigenvalue weighted by atomic mass is 10.1. The molecular formula is C21H15NO5S. The van der Waals surface area contributed by atoms with Crippen LogP contribution < -0.4 is 4.90 Å². The Kier molecular flexibility index (Phi) is 4.77.